The van der Waals surface area contributed by atoms with E-state index in [-0.39, 0.29) is 16.9 Å². The molecule has 2 atom stereocenters. The highest BCUT2D eigenvalue weighted by atomic mass is 35.5. The highest BCUT2D eigenvalue weighted by molar-refractivity contribution is 7.89. The van der Waals surface area contributed by atoms with Crippen LogP contribution in [0, 0.1) is 6.92 Å². The molecule has 1 aliphatic heterocycles. The molecule has 0 saturated carbocycles. The van der Waals surface area contributed by atoms with Crippen LogP contribution in [0.25, 0.3) is 0 Å². The molecule has 0 spiro atoms. The zero-order chi connectivity index (χ0) is 22.9. The third-order valence-corrected chi connectivity index (χ3v) is 7.97. The van der Waals surface area contributed by atoms with Gasteiger partial charge in [0.2, 0.25) is 10.0 Å². The van der Waals surface area contributed by atoms with Crippen LogP contribution < -0.4 is 0 Å². The van der Waals surface area contributed by atoms with Crippen LogP contribution in [-0.2, 0) is 14.8 Å². The summed E-state index contributed by atoms with van der Waals surface area (Å²) in [4.78, 5) is 12.4. The van der Waals surface area contributed by atoms with Gasteiger partial charge in [-0.2, -0.15) is 4.31 Å². The minimum Gasteiger partial charge on any atom is -0.478 e. The van der Waals surface area contributed by atoms with Gasteiger partial charge in [-0.25, -0.2) is 13.2 Å². The molecule has 7 heteroatoms. The van der Waals surface area contributed by atoms with E-state index in [0.717, 1.165) is 5.56 Å². The third kappa shape index (κ3) is 4.09. The molecule has 0 aromatic heterocycles. The minimum absolute atomic E-state index is 0.0403. The van der Waals surface area contributed by atoms with E-state index in [1.165, 1.54) is 4.31 Å². The summed E-state index contributed by atoms with van der Waals surface area (Å²) in [5.41, 5.74) is 1.98. The first-order valence-electron chi connectivity index (χ1n) is 10.1. The van der Waals surface area contributed by atoms with E-state index in [1.54, 1.807) is 85.8 Å². The molecule has 1 heterocycles. The van der Waals surface area contributed by atoms with E-state index in [0.29, 0.717) is 16.1 Å². The first-order chi connectivity index (χ1) is 15.3. The van der Waals surface area contributed by atoms with Gasteiger partial charge < -0.3 is 5.11 Å². The number of benzene rings is 3. The highest BCUT2D eigenvalue weighted by Crippen LogP contribution is 2.46. The lowest BCUT2D eigenvalue weighted by molar-refractivity contribution is -0.133. The van der Waals surface area contributed by atoms with Gasteiger partial charge >= 0.3 is 5.97 Å². The summed E-state index contributed by atoms with van der Waals surface area (Å²) < 4.78 is 29.5. The average molecular weight is 468 g/mol. The second-order valence-corrected chi connectivity index (χ2v) is 9.93. The fraction of sp³-hybridized carbons (Fsp3) is 0.160. The summed E-state index contributed by atoms with van der Waals surface area (Å²) in [5.74, 6) is -1.14. The smallest absolute Gasteiger partial charge is 0.333 e. The number of rotatable bonds is 5. The number of aryl methyl sites for hydroxylation is 1. The van der Waals surface area contributed by atoms with Crippen LogP contribution in [0.15, 0.2) is 95.4 Å². The Balaban J connectivity index is 1.98. The van der Waals surface area contributed by atoms with E-state index in [2.05, 4.69) is 0 Å². The van der Waals surface area contributed by atoms with Crippen LogP contribution >= 0.6 is 11.6 Å². The Morgan fingerprint density at radius 2 is 1.56 bits per heavy atom. The molecule has 0 aliphatic carbocycles. The Morgan fingerprint density at radius 3 is 2.19 bits per heavy atom. The number of carbonyl (C=O) groups is 1. The summed E-state index contributed by atoms with van der Waals surface area (Å²) >= 11 is 6.06. The number of aliphatic carboxylic acids is 1. The summed E-state index contributed by atoms with van der Waals surface area (Å²) in [6.45, 7) is 1.74. The van der Waals surface area contributed by atoms with E-state index >= 15 is 0 Å². The summed E-state index contributed by atoms with van der Waals surface area (Å²) in [5, 5.41) is 10.5. The molecule has 164 valence electrons. The third-order valence-electron chi connectivity index (χ3n) is 5.68. The normalized spacial score (nSPS) is 19.4. The van der Waals surface area contributed by atoms with Crippen molar-refractivity contribution in [3.63, 3.8) is 0 Å². The number of halogens is 1. The Kier molecular flexibility index (Phi) is 6.20. The van der Waals surface area contributed by atoms with Crippen molar-refractivity contribution in [3.05, 3.63) is 112 Å². The standard InChI is InChI=1S/C25H22ClNO4S/c1-17-7-5-6-10-23(17)32(30,31)27-22(18-11-13-20(26)14-12-18)16-15-21(25(28)29)24(27)19-8-3-2-4-9-19/h2-15,22,24H,16H2,1H3,(H,28,29)/t22-,24-/m0/s1. The van der Waals surface area contributed by atoms with Crippen molar-refractivity contribution in [2.75, 3.05) is 0 Å². The monoisotopic (exact) mass is 467 g/mol. The van der Waals surface area contributed by atoms with Crippen LogP contribution in [0.3, 0.4) is 0 Å². The Morgan fingerprint density at radius 1 is 0.938 bits per heavy atom. The average Bonchev–Trinajstić information content (AvgIpc) is 2.79. The predicted molar refractivity (Wildman–Crippen MR) is 124 cm³/mol. The molecule has 3 aromatic rings. The van der Waals surface area contributed by atoms with E-state index in [9.17, 15) is 18.3 Å². The number of carboxylic acids is 1. The Hall–Kier alpha value is -2.93. The maximum atomic E-state index is 14.1. The molecule has 0 fully saturated rings. The number of carboxylic acid groups (broad SMARTS) is 1. The lowest BCUT2D eigenvalue weighted by Gasteiger charge is -2.41. The molecule has 0 amide bonds. The van der Waals surface area contributed by atoms with Gasteiger partial charge in [-0.3, -0.25) is 0 Å². The van der Waals surface area contributed by atoms with Gasteiger partial charge in [-0.15, -0.1) is 0 Å². The maximum Gasteiger partial charge on any atom is 0.333 e. The molecule has 3 aromatic carbocycles. The lowest BCUT2D eigenvalue weighted by Crippen LogP contribution is -2.42. The topological polar surface area (TPSA) is 74.7 Å². The van der Waals surface area contributed by atoms with Gasteiger partial charge in [-0.1, -0.05) is 78.3 Å². The fourth-order valence-corrected chi connectivity index (χ4v) is 6.31. The second-order valence-electron chi connectivity index (χ2n) is 7.68. The Bertz CT molecular complexity index is 1270. The van der Waals surface area contributed by atoms with Crippen molar-refractivity contribution >= 4 is 27.6 Å². The van der Waals surface area contributed by atoms with Crippen molar-refractivity contribution < 1.29 is 18.3 Å². The Labute approximate surface area is 192 Å². The van der Waals surface area contributed by atoms with Crippen molar-refractivity contribution in [2.24, 2.45) is 0 Å². The molecule has 1 N–H and O–H groups in total. The molecule has 0 bridgehead atoms. The molecule has 0 unspecified atom stereocenters. The number of hydrogen-bond acceptors (Lipinski definition) is 3. The quantitative estimate of drug-likeness (QED) is 0.534. The molecule has 0 radical (unpaired) electrons. The molecular formula is C25H22ClNO4S. The minimum atomic E-state index is -4.07. The predicted octanol–water partition coefficient (Wildman–Crippen LogP) is 5.54. The molecule has 5 nitrogen and oxygen atoms in total. The van der Waals surface area contributed by atoms with Crippen molar-refractivity contribution in [3.8, 4) is 0 Å². The summed E-state index contributed by atoms with van der Waals surface area (Å²) in [7, 11) is -4.07. The number of hydrogen-bond donors (Lipinski definition) is 1. The molecule has 0 saturated heterocycles. The first kappa shape index (κ1) is 22.3. The first-order valence-corrected chi connectivity index (χ1v) is 12.0. The maximum absolute atomic E-state index is 14.1. The van der Waals surface area contributed by atoms with Gasteiger partial charge in [0.25, 0.3) is 0 Å². The lowest BCUT2D eigenvalue weighted by atomic mass is 9.89. The largest absolute Gasteiger partial charge is 0.478 e. The van der Waals surface area contributed by atoms with Crippen LogP contribution in [0.2, 0.25) is 5.02 Å². The van der Waals surface area contributed by atoms with E-state index in [1.807, 2.05) is 6.07 Å². The van der Waals surface area contributed by atoms with Crippen LogP contribution in [0.5, 0.6) is 0 Å². The van der Waals surface area contributed by atoms with Gasteiger partial charge in [-0.05, 0) is 48.2 Å². The summed E-state index contributed by atoms with van der Waals surface area (Å²) in [6.07, 6.45) is 1.86. The second kappa shape index (κ2) is 8.90. The van der Waals surface area contributed by atoms with Crippen molar-refractivity contribution in [2.45, 2.75) is 30.3 Å². The highest BCUT2D eigenvalue weighted by Gasteiger charge is 2.44. The van der Waals surface area contributed by atoms with Crippen molar-refractivity contribution in [1.29, 1.82) is 0 Å². The van der Waals surface area contributed by atoms with Crippen molar-refractivity contribution in [1.82, 2.24) is 4.31 Å². The molecule has 32 heavy (non-hydrogen) atoms. The van der Waals surface area contributed by atoms with Crippen LogP contribution in [0.1, 0.15) is 35.2 Å². The van der Waals surface area contributed by atoms with Gasteiger partial charge in [0.15, 0.2) is 0 Å². The SMILES string of the molecule is Cc1ccccc1S(=O)(=O)N1[C@@H](c2ccccc2)C(C(=O)O)=CC[C@H]1c1ccc(Cl)cc1. The van der Waals surface area contributed by atoms with Gasteiger partial charge in [0.1, 0.15) is 0 Å². The van der Waals surface area contributed by atoms with Crippen LogP contribution in [-0.4, -0.2) is 23.8 Å². The van der Waals surface area contributed by atoms with Gasteiger partial charge in [0.05, 0.1) is 22.6 Å². The number of nitrogens with zero attached hydrogens (tertiary/aromatic N) is 1. The van der Waals surface area contributed by atoms with Crippen LogP contribution in [0.4, 0.5) is 0 Å². The van der Waals surface area contributed by atoms with Gasteiger partial charge in [0, 0.05) is 5.02 Å². The van der Waals surface area contributed by atoms with E-state index in [4.69, 9.17) is 11.6 Å². The zero-order valence-electron chi connectivity index (χ0n) is 17.4. The molecule has 1 aliphatic rings. The number of sulfonamides is 1. The molecule has 4 rings (SSSR count). The van der Waals surface area contributed by atoms with E-state index < -0.39 is 28.1 Å². The molecular weight excluding hydrogens is 446 g/mol. The fourth-order valence-electron chi connectivity index (χ4n) is 4.17. The zero-order valence-corrected chi connectivity index (χ0v) is 18.9. The summed E-state index contributed by atoms with van der Waals surface area (Å²) in [6, 6.07) is 21.0.